The zero-order valence-corrected chi connectivity index (χ0v) is 10.9. The number of hydrogen-bond acceptors (Lipinski definition) is 4. The number of ether oxygens (including phenoxy) is 1. The van der Waals surface area contributed by atoms with Crippen LogP contribution in [0.5, 0.6) is 0 Å². The van der Waals surface area contributed by atoms with E-state index in [1.54, 1.807) is 6.07 Å². The van der Waals surface area contributed by atoms with Crippen LogP contribution in [0.1, 0.15) is 15.9 Å². The highest BCUT2D eigenvalue weighted by atomic mass is 79.9. The second-order valence-electron chi connectivity index (χ2n) is 3.38. The molecule has 1 aromatic carbocycles. The molecule has 1 aliphatic rings. The molecule has 0 N–H and O–H groups in total. The molecule has 0 aromatic heterocycles. The molecule has 1 atom stereocenters. The van der Waals surface area contributed by atoms with Crippen molar-refractivity contribution < 1.29 is 14.3 Å². The summed E-state index contributed by atoms with van der Waals surface area (Å²) in [6, 6.07) is 5.55. The van der Waals surface area contributed by atoms with Crippen LogP contribution in [0.25, 0.3) is 0 Å². The molecule has 0 unspecified atom stereocenters. The number of esters is 1. The summed E-state index contributed by atoms with van der Waals surface area (Å²) < 4.78 is 5.46. The van der Waals surface area contributed by atoms with Gasteiger partial charge in [-0.15, -0.1) is 11.8 Å². The Morgan fingerprint density at radius 2 is 2.31 bits per heavy atom. The van der Waals surface area contributed by atoms with Crippen molar-refractivity contribution in [2.75, 3.05) is 7.11 Å². The molecule has 0 saturated heterocycles. The monoisotopic (exact) mass is 300 g/mol. The predicted molar refractivity (Wildman–Crippen MR) is 65.6 cm³/mol. The summed E-state index contributed by atoms with van der Waals surface area (Å²) in [5.41, 5.74) is 1.59. The number of halogens is 1. The van der Waals surface area contributed by atoms with E-state index in [0.29, 0.717) is 11.3 Å². The third kappa shape index (κ3) is 2.01. The van der Waals surface area contributed by atoms with Gasteiger partial charge in [0, 0.05) is 15.8 Å². The Bertz CT molecular complexity index is 459. The van der Waals surface area contributed by atoms with Gasteiger partial charge in [-0.3, -0.25) is 9.59 Å². The molecule has 0 aliphatic carbocycles. The zero-order chi connectivity index (χ0) is 11.7. The molecular formula is C11H9BrO3S. The highest BCUT2D eigenvalue weighted by Gasteiger charge is 2.34. The first kappa shape index (κ1) is 11.7. The molecule has 3 nitrogen and oxygen atoms in total. The van der Waals surface area contributed by atoms with Gasteiger partial charge in [0.1, 0.15) is 0 Å². The standard InChI is InChI=1S/C11H9BrO3S/c1-15-11(14)10-9(13)8-4-7(12)3-2-6(8)5-16-10/h2-4,10H,5H2,1H3/t10-/m1/s1. The molecule has 2 rings (SSSR count). The minimum atomic E-state index is -0.716. The lowest BCUT2D eigenvalue weighted by Gasteiger charge is -2.21. The van der Waals surface area contributed by atoms with Crippen LogP contribution in [0, 0.1) is 0 Å². The molecule has 0 amide bonds. The molecule has 84 valence electrons. The zero-order valence-electron chi connectivity index (χ0n) is 8.53. The van der Waals surface area contributed by atoms with Gasteiger partial charge in [-0.2, -0.15) is 0 Å². The van der Waals surface area contributed by atoms with E-state index in [1.807, 2.05) is 12.1 Å². The van der Waals surface area contributed by atoms with Crippen molar-refractivity contribution in [2.45, 2.75) is 11.0 Å². The number of ketones is 1. The molecule has 0 bridgehead atoms. The Morgan fingerprint density at radius 3 is 3.00 bits per heavy atom. The van der Waals surface area contributed by atoms with Crippen LogP contribution in [0.4, 0.5) is 0 Å². The number of carbonyl (C=O) groups excluding carboxylic acids is 2. The Hall–Kier alpha value is -0.810. The van der Waals surface area contributed by atoms with Crippen molar-refractivity contribution in [3.8, 4) is 0 Å². The van der Waals surface area contributed by atoms with E-state index in [4.69, 9.17) is 0 Å². The fourth-order valence-electron chi connectivity index (χ4n) is 1.58. The molecule has 0 radical (unpaired) electrons. The van der Waals surface area contributed by atoms with Crippen molar-refractivity contribution in [1.29, 1.82) is 0 Å². The van der Waals surface area contributed by atoms with E-state index in [0.717, 1.165) is 10.0 Å². The van der Waals surface area contributed by atoms with Gasteiger partial charge >= 0.3 is 5.97 Å². The average molecular weight is 301 g/mol. The number of thioether (sulfide) groups is 1. The summed E-state index contributed by atoms with van der Waals surface area (Å²) in [6.07, 6.45) is 0. The SMILES string of the molecule is COC(=O)[C@@H]1SCc2ccc(Br)cc2C1=O. The second kappa shape index (κ2) is 4.59. The van der Waals surface area contributed by atoms with Crippen LogP contribution in [0.2, 0.25) is 0 Å². The number of carbonyl (C=O) groups is 2. The van der Waals surface area contributed by atoms with E-state index >= 15 is 0 Å². The Kier molecular flexibility index (Phi) is 3.35. The van der Waals surface area contributed by atoms with E-state index in [9.17, 15) is 9.59 Å². The van der Waals surface area contributed by atoms with Gasteiger partial charge in [0.05, 0.1) is 7.11 Å². The fraction of sp³-hybridized carbons (Fsp3) is 0.273. The number of methoxy groups -OCH3 is 1. The topological polar surface area (TPSA) is 43.4 Å². The van der Waals surface area contributed by atoms with Crippen molar-refractivity contribution in [3.05, 3.63) is 33.8 Å². The molecule has 1 heterocycles. The van der Waals surface area contributed by atoms with Crippen LogP contribution in [0.15, 0.2) is 22.7 Å². The smallest absolute Gasteiger partial charge is 0.326 e. The van der Waals surface area contributed by atoms with Gasteiger partial charge in [-0.1, -0.05) is 22.0 Å². The van der Waals surface area contributed by atoms with E-state index in [-0.39, 0.29) is 5.78 Å². The van der Waals surface area contributed by atoms with Gasteiger partial charge in [-0.25, -0.2) is 0 Å². The Labute approximate surface area is 106 Å². The van der Waals surface area contributed by atoms with Gasteiger partial charge in [0.2, 0.25) is 0 Å². The molecular weight excluding hydrogens is 292 g/mol. The predicted octanol–water partition coefficient (Wildman–Crippen LogP) is 2.42. The maximum Gasteiger partial charge on any atom is 0.326 e. The highest BCUT2D eigenvalue weighted by Crippen LogP contribution is 2.32. The molecule has 0 spiro atoms. The number of hydrogen-bond donors (Lipinski definition) is 0. The van der Waals surface area contributed by atoms with E-state index in [2.05, 4.69) is 20.7 Å². The molecule has 1 aromatic rings. The number of fused-ring (bicyclic) bond motifs is 1. The minimum absolute atomic E-state index is 0.167. The number of benzene rings is 1. The maximum absolute atomic E-state index is 12.0. The van der Waals surface area contributed by atoms with Crippen LogP contribution < -0.4 is 0 Å². The van der Waals surface area contributed by atoms with Crippen molar-refractivity contribution in [2.24, 2.45) is 0 Å². The minimum Gasteiger partial charge on any atom is -0.468 e. The van der Waals surface area contributed by atoms with Gasteiger partial charge < -0.3 is 4.74 Å². The van der Waals surface area contributed by atoms with Crippen LogP contribution >= 0.6 is 27.7 Å². The van der Waals surface area contributed by atoms with E-state index in [1.165, 1.54) is 18.9 Å². The normalized spacial score (nSPS) is 19.1. The molecule has 1 aliphatic heterocycles. The fourth-order valence-corrected chi connectivity index (χ4v) is 3.05. The first-order valence-corrected chi connectivity index (χ1v) is 6.49. The highest BCUT2D eigenvalue weighted by molar-refractivity contribution is 9.10. The quantitative estimate of drug-likeness (QED) is 0.590. The lowest BCUT2D eigenvalue weighted by Crippen LogP contribution is -2.32. The number of Topliss-reactive ketones (excluding diaryl/α,β-unsaturated/α-hetero) is 1. The summed E-state index contributed by atoms with van der Waals surface area (Å²) in [4.78, 5) is 23.4. The van der Waals surface area contributed by atoms with Gasteiger partial charge in [0.15, 0.2) is 11.0 Å². The lowest BCUT2D eigenvalue weighted by molar-refractivity contribution is -0.138. The summed E-state index contributed by atoms with van der Waals surface area (Å²) in [5.74, 6) is 0.0220. The molecule has 0 fully saturated rings. The van der Waals surface area contributed by atoms with E-state index < -0.39 is 11.2 Å². The third-order valence-electron chi connectivity index (χ3n) is 2.40. The van der Waals surface area contributed by atoms with Crippen molar-refractivity contribution in [3.63, 3.8) is 0 Å². The Balaban J connectivity index is 2.38. The maximum atomic E-state index is 12.0. The third-order valence-corrected chi connectivity index (χ3v) is 4.11. The van der Waals surface area contributed by atoms with Crippen LogP contribution in [-0.4, -0.2) is 24.1 Å². The largest absolute Gasteiger partial charge is 0.468 e. The van der Waals surface area contributed by atoms with Crippen molar-refractivity contribution >= 4 is 39.4 Å². The second-order valence-corrected chi connectivity index (χ2v) is 5.39. The first-order chi connectivity index (χ1) is 7.63. The molecule has 16 heavy (non-hydrogen) atoms. The van der Waals surface area contributed by atoms with Crippen LogP contribution in [-0.2, 0) is 15.3 Å². The number of rotatable bonds is 1. The molecule has 0 saturated carbocycles. The van der Waals surface area contributed by atoms with Crippen molar-refractivity contribution in [1.82, 2.24) is 0 Å². The summed E-state index contributed by atoms with van der Waals surface area (Å²) in [6.45, 7) is 0. The summed E-state index contributed by atoms with van der Waals surface area (Å²) in [5, 5.41) is -0.716. The lowest BCUT2D eigenvalue weighted by atomic mass is 10.0. The van der Waals surface area contributed by atoms with Gasteiger partial charge in [0.25, 0.3) is 0 Å². The van der Waals surface area contributed by atoms with Gasteiger partial charge in [-0.05, 0) is 17.7 Å². The Morgan fingerprint density at radius 1 is 1.56 bits per heavy atom. The summed E-state index contributed by atoms with van der Waals surface area (Å²) >= 11 is 4.63. The van der Waals surface area contributed by atoms with Crippen LogP contribution in [0.3, 0.4) is 0 Å². The first-order valence-electron chi connectivity index (χ1n) is 4.65. The average Bonchev–Trinajstić information content (AvgIpc) is 2.29. The summed E-state index contributed by atoms with van der Waals surface area (Å²) in [7, 11) is 1.30. The molecule has 5 heteroatoms.